The van der Waals surface area contributed by atoms with E-state index < -0.39 is 0 Å². The van der Waals surface area contributed by atoms with E-state index in [9.17, 15) is 4.79 Å². The van der Waals surface area contributed by atoms with Gasteiger partial charge in [0.2, 0.25) is 5.91 Å². The molecule has 3 nitrogen and oxygen atoms in total. The summed E-state index contributed by atoms with van der Waals surface area (Å²) in [6.07, 6.45) is 0.881. The number of hydrogen-bond donors (Lipinski definition) is 0. The van der Waals surface area contributed by atoms with Crippen molar-refractivity contribution in [1.82, 2.24) is 4.90 Å². The van der Waals surface area contributed by atoms with Crippen LogP contribution >= 0.6 is 11.6 Å². The summed E-state index contributed by atoms with van der Waals surface area (Å²) in [5, 5.41) is 0. The quantitative estimate of drug-likeness (QED) is 0.674. The van der Waals surface area contributed by atoms with Crippen molar-refractivity contribution in [3.8, 4) is 0 Å². The molecule has 1 heterocycles. The lowest BCUT2D eigenvalue weighted by molar-refractivity contribution is -0.137. The Balaban J connectivity index is 2.55. The minimum absolute atomic E-state index is 0.0191. The number of nitrogens with zero attached hydrogens (tertiary/aromatic N) is 1. The Bertz CT molecular complexity index is 210. The molecule has 0 bridgehead atoms. The molecule has 3 atom stereocenters. The third-order valence-electron chi connectivity index (χ3n) is 2.93. The Morgan fingerprint density at radius 3 is 2.79 bits per heavy atom. The Hall–Kier alpha value is -0.280. The van der Waals surface area contributed by atoms with Gasteiger partial charge in [-0.3, -0.25) is 4.79 Å². The van der Waals surface area contributed by atoms with E-state index in [1.165, 1.54) is 0 Å². The number of ether oxygens (including phenoxy) is 1. The molecule has 1 aliphatic heterocycles. The molecule has 1 amide bonds. The van der Waals surface area contributed by atoms with Crippen LogP contribution in [-0.4, -0.2) is 42.5 Å². The van der Waals surface area contributed by atoms with Crippen molar-refractivity contribution in [2.75, 3.05) is 19.5 Å². The Kier molecular flexibility index (Phi) is 4.20. The van der Waals surface area contributed by atoms with Crippen LogP contribution in [0.2, 0.25) is 0 Å². The van der Waals surface area contributed by atoms with Gasteiger partial charge in [0.25, 0.3) is 0 Å². The highest BCUT2D eigenvalue weighted by Crippen LogP contribution is 2.23. The highest BCUT2D eigenvalue weighted by Gasteiger charge is 2.33. The van der Waals surface area contributed by atoms with Gasteiger partial charge in [0.05, 0.1) is 12.0 Å². The minimum Gasteiger partial charge on any atom is -0.378 e. The molecule has 14 heavy (non-hydrogen) atoms. The maximum atomic E-state index is 11.9. The van der Waals surface area contributed by atoms with Gasteiger partial charge in [-0.15, -0.1) is 11.6 Å². The molecule has 0 radical (unpaired) electrons. The first-order valence-corrected chi connectivity index (χ1v) is 5.55. The van der Waals surface area contributed by atoms with Crippen molar-refractivity contribution in [2.45, 2.75) is 32.4 Å². The van der Waals surface area contributed by atoms with Crippen LogP contribution in [0.1, 0.15) is 20.3 Å². The standard InChI is InChI=1S/C10H18ClNO2/c1-7(6-11)12(3)10(13)9-4-5-14-8(9)2/h7-9H,4-6H2,1-3H3. The van der Waals surface area contributed by atoms with Gasteiger partial charge in [-0.25, -0.2) is 0 Å². The second kappa shape index (κ2) is 4.99. The third kappa shape index (κ3) is 2.39. The lowest BCUT2D eigenvalue weighted by Gasteiger charge is -2.27. The molecule has 1 saturated heterocycles. The van der Waals surface area contributed by atoms with Crippen LogP contribution in [0.15, 0.2) is 0 Å². The monoisotopic (exact) mass is 219 g/mol. The molecule has 0 aromatic rings. The molecule has 0 aromatic heterocycles. The van der Waals surface area contributed by atoms with E-state index in [0.717, 1.165) is 6.42 Å². The van der Waals surface area contributed by atoms with Crippen LogP contribution < -0.4 is 0 Å². The van der Waals surface area contributed by atoms with Gasteiger partial charge in [0, 0.05) is 25.6 Å². The van der Waals surface area contributed by atoms with Gasteiger partial charge >= 0.3 is 0 Å². The van der Waals surface area contributed by atoms with E-state index in [2.05, 4.69) is 0 Å². The predicted octanol–water partition coefficient (Wildman–Crippen LogP) is 1.50. The topological polar surface area (TPSA) is 29.5 Å². The molecular weight excluding hydrogens is 202 g/mol. The van der Waals surface area contributed by atoms with E-state index in [1.54, 1.807) is 11.9 Å². The lowest BCUT2D eigenvalue weighted by Crippen LogP contribution is -2.41. The summed E-state index contributed by atoms with van der Waals surface area (Å²) < 4.78 is 5.37. The Labute approximate surface area is 90.4 Å². The second-order valence-corrected chi connectivity index (χ2v) is 4.23. The summed E-state index contributed by atoms with van der Waals surface area (Å²) in [4.78, 5) is 13.7. The molecule has 82 valence electrons. The van der Waals surface area contributed by atoms with Crippen molar-refractivity contribution < 1.29 is 9.53 Å². The normalized spacial score (nSPS) is 28.9. The largest absolute Gasteiger partial charge is 0.378 e. The number of alkyl halides is 1. The third-order valence-corrected chi connectivity index (χ3v) is 3.37. The molecule has 0 aromatic carbocycles. The predicted molar refractivity (Wildman–Crippen MR) is 56.5 cm³/mol. The smallest absolute Gasteiger partial charge is 0.228 e. The molecule has 0 aliphatic carbocycles. The van der Waals surface area contributed by atoms with Crippen molar-refractivity contribution in [1.29, 1.82) is 0 Å². The van der Waals surface area contributed by atoms with Gasteiger partial charge < -0.3 is 9.64 Å². The van der Waals surface area contributed by atoms with Crippen LogP contribution in [0.5, 0.6) is 0 Å². The van der Waals surface area contributed by atoms with E-state index in [0.29, 0.717) is 12.5 Å². The fraction of sp³-hybridized carbons (Fsp3) is 0.900. The Morgan fingerprint density at radius 2 is 2.36 bits per heavy atom. The van der Waals surface area contributed by atoms with Crippen molar-refractivity contribution in [2.24, 2.45) is 5.92 Å². The number of carbonyl (C=O) groups excluding carboxylic acids is 1. The first-order valence-electron chi connectivity index (χ1n) is 5.02. The molecule has 1 fully saturated rings. The minimum atomic E-state index is 0.0191. The van der Waals surface area contributed by atoms with Crippen molar-refractivity contribution >= 4 is 17.5 Å². The number of halogens is 1. The maximum absolute atomic E-state index is 11.9. The van der Waals surface area contributed by atoms with Crippen molar-refractivity contribution in [3.63, 3.8) is 0 Å². The van der Waals surface area contributed by atoms with Crippen LogP contribution in [-0.2, 0) is 9.53 Å². The van der Waals surface area contributed by atoms with Gasteiger partial charge in [0.1, 0.15) is 0 Å². The highest BCUT2D eigenvalue weighted by molar-refractivity contribution is 6.18. The summed E-state index contributed by atoms with van der Waals surface area (Å²) >= 11 is 5.71. The summed E-state index contributed by atoms with van der Waals surface area (Å²) in [5.41, 5.74) is 0. The number of carbonyl (C=O) groups is 1. The second-order valence-electron chi connectivity index (χ2n) is 3.92. The molecule has 1 rings (SSSR count). The lowest BCUT2D eigenvalue weighted by atomic mass is 10.0. The van der Waals surface area contributed by atoms with Gasteiger partial charge in [-0.1, -0.05) is 0 Å². The fourth-order valence-corrected chi connectivity index (χ4v) is 1.85. The summed E-state index contributed by atoms with van der Waals surface area (Å²) in [6.45, 7) is 4.60. The average molecular weight is 220 g/mol. The van der Waals surface area contributed by atoms with E-state index >= 15 is 0 Å². The van der Waals surface area contributed by atoms with E-state index in [4.69, 9.17) is 16.3 Å². The van der Waals surface area contributed by atoms with Crippen LogP contribution in [0.25, 0.3) is 0 Å². The first kappa shape index (κ1) is 11.8. The SMILES string of the molecule is CC1OCCC1C(=O)N(C)C(C)CCl. The molecule has 4 heteroatoms. The molecule has 0 saturated carbocycles. The zero-order valence-electron chi connectivity index (χ0n) is 9.00. The summed E-state index contributed by atoms with van der Waals surface area (Å²) in [7, 11) is 1.81. The first-order chi connectivity index (χ1) is 6.57. The maximum Gasteiger partial charge on any atom is 0.228 e. The molecule has 1 aliphatic rings. The summed E-state index contributed by atoms with van der Waals surface area (Å²) in [5.74, 6) is 0.651. The fourth-order valence-electron chi connectivity index (χ4n) is 1.64. The molecule has 0 N–H and O–H groups in total. The number of hydrogen-bond acceptors (Lipinski definition) is 2. The zero-order valence-corrected chi connectivity index (χ0v) is 9.75. The Morgan fingerprint density at radius 1 is 1.71 bits per heavy atom. The number of amides is 1. The van der Waals surface area contributed by atoms with Crippen molar-refractivity contribution in [3.05, 3.63) is 0 Å². The number of rotatable bonds is 3. The van der Waals surface area contributed by atoms with Gasteiger partial charge in [-0.2, -0.15) is 0 Å². The van der Waals surface area contributed by atoms with Crippen LogP contribution in [0.3, 0.4) is 0 Å². The molecular formula is C10H18ClNO2. The average Bonchev–Trinajstić information content (AvgIpc) is 2.61. The summed E-state index contributed by atoms with van der Waals surface area (Å²) in [6, 6.07) is 0.0944. The molecule has 3 unspecified atom stereocenters. The van der Waals surface area contributed by atoms with Crippen LogP contribution in [0, 0.1) is 5.92 Å². The highest BCUT2D eigenvalue weighted by atomic mass is 35.5. The molecule has 0 spiro atoms. The van der Waals surface area contributed by atoms with E-state index in [1.807, 2.05) is 13.8 Å². The van der Waals surface area contributed by atoms with Crippen LogP contribution in [0.4, 0.5) is 0 Å². The van der Waals surface area contributed by atoms with Gasteiger partial charge in [-0.05, 0) is 20.3 Å². The zero-order chi connectivity index (χ0) is 10.7. The van der Waals surface area contributed by atoms with Gasteiger partial charge in [0.15, 0.2) is 0 Å². The van der Waals surface area contributed by atoms with E-state index in [-0.39, 0.29) is 24.0 Å².